The molecule has 3 aromatic rings. The molecule has 1 aromatic heterocycles. The molecule has 0 fully saturated rings. The highest BCUT2D eigenvalue weighted by Crippen LogP contribution is 2.33. The molecule has 1 heterocycles. The molecule has 1 amide bonds. The van der Waals surface area contributed by atoms with Crippen molar-refractivity contribution in [2.45, 2.75) is 18.7 Å². The first-order valence-electron chi connectivity index (χ1n) is 9.76. The van der Waals surface area contributed by atoms with Crippen molar-refractivity contribution >= 4 is 27.3 Å². The third kappa shape index (κ3) is 6.06. The summed E-state index contributed by atoms with van der Waals surface area (Å²) >= 11 is 1.44. The molecule has 32 heavy (non-hydrogen) atoms. The Morgan fingerprint density at radius 2 is 1.78 bits per heavy atom. The third-order valence-corrected chi connectivity index (χ3v) is 7.03. The van der Waals surface area contributed by atoms with Crippen molar-refractivity contribution in [3.8, 4) is 22.1 Å². The molecule has 0 aliphatic carbocycles. The zero-order chi connectivity index (χ0) is 23.1. The number of carbonyl (C=O) groups is 1. The molecule has 0 aliphatic heterocycles. The van der Waals surface area contributed by atoms with E-state index < -0.39 is 10.0 Å². The molecular formula is C22H25N3O5S2. The second kappa shape index (κ2) is 10.6. The fourth-order valence-electron chi connectivity index (χ4n) is 3.06. The minimum absolute atomic E-state index is 0.126. The van der Waals surface area contributed by atoms with Gasteiger partial charge in [0.25, 0.3) is 0 Å². The number of sulfonamides is 1. The second-order valence-electron chi connectivity index (χ2n) is 6.90. The highest BCUT2D eigenvalue weighted by molar-refractivity contribution is 7.88. The fourth-order valence-corrected chi connectivity index (χ4v) is 4.71. The van der Waals surface area contributed by atoms with E-state index in [1.54, 1.807) is 32.4 Å². The van der Waals surface area contributed by atoms with E-state index in [0.717, 1.165) is 16.1 Å². The van der Waals surface area contributed by atoms with Gasteiger partial charge in [-0.05, 0) is 36.4 Å². The summed E-state index contributed by atoms with van der Waals surface area (Å²) in [4.78, 5) is 17.0. The van der Waals surface area contributed by atoms with Crippen LogP contribution in [0.2, 0.25) is 0 Å². The van der Waals surface area contributed by atoms with Crippen molar-refractivity contribution in [3.05, 3.63) is 64.7 Å². The van der Waals surface area contributed by atoms with Gasteiger partial charge in [0.05, 0.1) is 32.1 Å². The summed E-state index contributed by atoms with van der Waals surface area (Å²) in [6, 6.07) is 12.7. The second-order valence-corrected chi connectivity index (χ2v) is 9.68. The fraction of sp³-hybridized carbons (Fsp3) is 0.273. The molecule has 0 saturated heterocycles. The highest BCUT2D eigenvalue weighted by Gasteiger charge is 2.14. The van der Waals surface area contributed by atoms with Gasteiger partial charge in [-0.25, -0.2) is 18.1 Å². The number of aromatic nitrogens is 1. The number of hydrogen-bond donors (Lipinski definition) is 2. The van der Waals surface area contributed by atoms with Crippen LogP contribution >= 0.6 is 11.3 Å². The van der Waals surface area contributed by atoms with Crippen LogP contribution in [0.4, 0.5) is 0 Å². The summed E-state index contributed by atoms with van der Waals surface area (Å²) in [7, 11) is 1.13. The molecule has 2 aromatic carbocycles. The summed E-state index contributed by atoms with van der Waals surface area (Å²) in [5, 5.41) is 5.47. The highest BCUT2D eigenvalue weighted by atomic mass is 32.2. The van der Waals surface area contributed by atoms with Gasteiger partial charge in [0, 0.05) is 17.5 Å². The summed E-state index contributed by atoms with van der Waals surface area (Å²) in [5.74, 6) is 0.908. The van der Waals surface area contributed by atoms with Crippen LogP contribution in [0.15, 0.2) is 47.8 Å². The standard InChI is InChI=1S/C22H25N3O5S2/c1-23-32(27,28)14-17-7-5-4-6-16(17)12-24-21(26)11-18-13-31-22(25-18)15-8-9-19(29-2)20(10-15)30-3/h4-10,13,23H,11-12,14H2,1-3H3,(H,24,26). The maximum absolute atomic E-state index is 12.5. The lowest BCUT2D eigenvalue weighted by Gasteiger charge is -2.10. The molecule has 0 radical (unpaired) electrons. The predicted molar refractivity (Wildman–Crippen MR) is 124 cm³/mol. The van der Waals surface area contributed by atoms with Crippen molar-refractivity contribution in [2.24, 2.45) is 0 Å². The number of ether oxygens (including phenoxy) is 2. The number of thiazole rings is 1. The Balaban J connectivity index is 1.63. The molecule has 0 unspecified atom stereocenters. The van der Waals surface area contributed by atoms with E-state index >= 15 is 0 Å². The molecule has 170 valence electrons. The molecule has 0 aliphatic rings. The minimum Gasteiger partial charge on any atom is -0.493 e. The normalized spacial score (nSPS) is 11.2. The molecule has 0 saturated carbocycles. The number of amides is 1. The Labute approximate surface area is 191 Å². The third-order valence-electron chi connectivity index (χ3n) is 4.77. The number of nitrogens with zero attached hydrogens (tertiary/aromatic N) is 1. The monoisotopic (exact) mass is 475 g/mol. The van der Waals surface area contributed by atoms with Gasteiger partial charge in [-0.3, -0.25) is 4.79 Å². The van der Waals surface area contributed by atoms with Gasteiger partial charge in [0.1, 0.15) is 5.01 Å². The Bertz CT molecular complexity index is 1190. The van der Waals surface area contributed by atoms with Gasteiger partial charge in [0.2, 0.25) is 15.9 Å². The topological polar surface area (TPSA) is 107 Å². The first kappa shape index (κ1) is 23.7. The van der Waals surface area contributed by atoms with E-state index in [2.05, 4.69) is 15.0 Å². The van der Waals surface area contributed by atoms with Gasteiger partial charge < -0.3 is 14.8 Å². The average Bonchev–Trinajstić information content (AvgIpc) is 3.26. The van der Waals surface area contributed by atoms with Crippen molar-refractivity contribution in [1.82, 2.24) is 15.0 Å². The van der Waals surface area contributed by atoms with Gasteiger partial charge in [0.15, 0.2) is 11.5 Å². The maximum Gasteiger partial charge on any atom is 0.226 e. The number of carbonyl (C=O) groups excluding carboxylic acids is 1. The molecule has 10 heteroatoms. The van der Waals surface area contributed by atoms with Gasteiger partial charge >= 0.3 is 0 Å². The lowest BCUT2D eigenvalue weighted by atomic mass is 10.1. The number of rotatable bonds is 10. The van der Waals surface area contributed by atoms with E-state index in [1.807, 2.05) is 29.6 Å². The molecular weight excluding hydrogens is 450 g/mol. The van der Waals surface area contributed by atoms with Crippen molar-refractivity contribution in [2.75, 3.05) is 21.3 Å². The SMILES string of the molecule is CNS(=O)(=O)Cc1ccccc1CNC(=O)Cc1csc(-c2ccc(OC)c(OC)c2)n1. The Morgan fingerprint density at radius 1 is 1.06 bits per heavy atom. The van der Waals surface area contributed by atoms with Crippen LogP contribution in [-0.4, -0.2) is 40.6 Å². The van der Waals surface area contributed by atoms with Crippen LogP contribution in [-0.2, 0) is 33.5 Å². The van der Waals surface area contributed by atoms with Crippen molar-refractivity contribution in [1.29, 1.82) is 0 Å². The van der Waals surface area contributed by atoms with E-state index in [0.29, 0.717) is 22.8 Å². The average molecular weight is 476 g/mol. The lowest BCUT2D eigenvalue weighted by Crippen LogP contribution is -2.26. The Kier molecular flexibility index (Phi) is 7.84. The summed E-state index contributed by atoms with van der Waals surface area (Å²) in [5.41, 5.74) is 2.93. The predicted octanol–water partition coefficient (Wildman–Crippen LogP) is 2.74. The van der Waals surface area contributed by atoms with Gasteiger partial charge in [-0.1, -0.05) is 24.3 Å². The first-order valence-corrected chi connectivity index (χ1v) is 12.3. The van der Waals surface area contributed by atoms with Crippen LogP contribution in [0.5, 0.6) is 11.5 Å². The number of methoxy groups -OCH3 is 2. The quantitative estimate of drug-likeness (QED) is 0.467. The van der Waals surface area contributed by atoms with Crippen LogP contribution in [0.25, 0.3) is 10.6 Å². The zero-order valence-corrected chi connectivity index (χ0v) is 19.7. The molecule has 3 rings (SSSR count). The number of hydrogen-bond acceptors (Lipinski definition) is 7. The van der Waals surface area contributed by atoms with E-state index in [4.69, 9.17) is 9.47 Å². The molecule has 2 N–H and O–H groups in total. The molecule has 0 spiro atoms. The lowest BCUT2D eigenvalue weighted by molar-refractivity contribution is -0.120. The summed E-state index contributed by atoms with van der Waals surface area (Å²) in [6.45, 7) is 0.237. The Hall–Kier alpha value is -2.95. The molecule has 8 nitrogen and oxygen atoms in total. The van der Waals surface area contributed by atoms with Crippen LogP contribution in [0.1, 0.15) is 16.8 Å². The van der Waals surface area contributed by atoms with E-state index in [-0.39, 0.29) is 24.6 Å². The number of nitrogens with one attached hydrogen (secondary N) is 2. The van der Waals surface area contributed by atoms with Gasteiger partial charge in [-0.15, -0.1) is 11.3 Å². The van der Waals surface area contributed by atoms with Crippen LogP contribution in [0, 0.1) is 0 Å². The largest absolute Gasteiger partial charge is 0.493 e. The van der Waals surface area contributed by atoms with E-state index in [1.165, 1.54) is 18.4 Å². The first-order chi connectivity index (χ1) is 15.3. The summed E-state index contributed by atoms with van der Waals surface area (Å²) < 4.78 is 36.7. The van der Waals surface area contributed by atoms with Gasteiger partial charge in [-0.2, -0.15) is 0 Å². The van der Waals surface area contributed by atoms with Crippen LogP contribution < -0.4 is 19.5 Å². The van der Waals surface area contributed by atoms with Crippen LogP contribution in [0.3, 0.4) is 0 Å². The Morgan fingerprint density at radius 3 is 2.47 bits per heavy atom. The van der Waals surface area contributed by atoms with Crippen molar-refractivity contribution < 1.29 is 22.7 Å². The molecule has 0 atom stereocenters. The van der Waals surface area contributed by atoms with E-state index in [9.17, 15) is 13.2 Å². The summed E-state index contributed by atoms with van der Waals surface area (Å²) in [6.07, 6.45) is 0.126. The zero-order valence-electron chi connectivity index (χ0n) is 18.0. The smallest absolute Gasteiger partial charge is 0.226 e. The number of benzene rings is 2. The van der Waals surface area contributed by atoms with Crippen molar-refractivity contribution in [3.63, 3.8) is 0 Å². The minimum atomic E-state index is -3.40. The maximum atomic E-state index is 12.5. The molecule has 0 bridgehead atoms.